The molecule has 1 aliphatic heterocycles. The molecule has 0 aromatic heterocycles. The number of amides is 1. The van der Waals surface area contributed by atoms with Gasteiger partial charge in [-0.25, -0.2) is 0 Å². The first-order valence-corrected chi connectivity index (χ1v) is 6.17. The van der Waals surface area contributed by atoms with Crippen molar-refractivity contribution in [2.75, 3.05) is 11.9 Å². The van der Waals surface area contributed by atoms with Crippen LogP contribution < -0.4 is 5.32 Å². The van der Waals surface area contributed by atoms with Gasteiger partial charge in [-0.3, -0.25) is 9.59 Å². The van der Waals surface area contributed by atoms with Crippen molar-refractivity contribution >= 4 is 17.4 Å². The summed E-state index contributed by atoms with van der Waals surface area (Å²) in [7, 11) is 0. The van der Waals surface area contributed by atoms with E-state index >= 15 is 0 Å². The molecule has 1 amide bonds. The maximum atomic E-state index is 11.8. The third-order valence-electron chi connectivity index (χ3n) is 2.99. The predicted molar refractivity (Wildman–Crippen MR) is 68.7 cm³/mol. The molecule has 0 spiro atoms. The fraction of sp³-hybridized carbons (Fsp3) is 0.429. The molecule has 1 aromatic rings. The van der Waals surface area contributed by atoms with Crippen LogP contribution in [0.4, 0.5) is 5.69 Å². The van der Waals surface area contributed by atoms with Crippen LogP contribution in [0.1, 0.15) is 36.5 Å². The second kappa shape index (κ2) is 5.78. The summed E-state index contributed by atoms with van der Waals surface area (Å²) in [6, 6.07) is 6.96. The molecule has 1 aromatic carbocycles. The van der Waals surface area contributed by atoms with Gasteiger partial charge >= 0.3 is 0 Å². The van der Waals surface area contributed by atoms with E-state index in [0.717, 1.165) is 19.4 Å². The smallest absolute Gasteiger partial charge is 0.226 e. The fourth-order valence-electron chi connectivity index (χ4n) is 2.04. The van der Waals surface area contributed by atoms with Gasteiger partial charge in [-0.2, -0.15) is 0 Å². The Balaban J connectivity index is 1.93. The second-order valence-corrected chi connectivity index (χ2v) is 4.52. The molecule has 0 radical (unpaired) electrons. The average molecular weight is 247 g/mol. The second-order valence-electron chi connectivity index (χ2n) is 4.52. The van der Waals surface area contributed by atoms with E-state index in [4.69, 9.17) is 4.74 Å². The van der Waals surface area contributed by atoms with Crippen molar-refractivity contribution in [1.29, 1.82) is 0 Å². The van der Waals surface area contributed by atoms with E-state index in [0.29, 0.717) is 17.7 Å². The Kier molecular flexibility index (Phi) is 4.10. The van der Waals surface area contributed by atoms with Gasteiger partial charge in [-0.05, 0) is 31.9 Å². The number of ketones is 1. The maximum absolute atomic E-state index is 11.8. The Hall–Kier alpha value is -1.68. The molecule has 1 fully saturated rings. The first-order valence-electron chi connectivity index (χ1n) is 6.17. The van der Waals surface area contributed by atoms with Gasteiger partial charge in [-0.15, -0.1) is 0 Å². The van der Waals surface area contributed by atoms with Crippen LogP contribution in [0.2, 0.25) is 0 Å². The van der Waals surface area contributed by atoms with Gasteiger partial charge in [0.05, 0.1) is 12.5 Å². The normalized spacial score (nSPS) is 18.6. The van der Waals surface area contributed by atoms with E-state index in [9.17, 15) is 9.59 Å². The molecule has 96 valence electrons. The van der Waals surface area contributed by atoms with E-state index in [-0.39, 0.29) is 17.8 Å². The van der Waals surface area contributed by atoms with Crippen LogP contribution in [-0.4, -0.2) is 24.4 Å². The van der Waals surface area contributed by atoms with E-state index in [1.165, 1.54) is 6.92 Å². The van der Waals surface area contributed by atoms with Gasteiger partial charge in [0.15, 0.2) is 5.78 Å². The predicted octanol–water partition coefficient (Wildman–Crippen LogP) is 2.40. The van der Waals surface area contributed by atoms with Crippen LogP contribution in [0, 0.1) is 0 Å². The molecule has 0 saturated carbocycles. The monoisotopic (exact) mass is 247 g/mol. The molecule has 4 heteroatoms. The van der Waals surface area contributed by atoms with E-state index < -0.39 is 0 Å². The number of carbonyl (C=O) groups excluding carboxylic acids is 2. The highest BCUT2D eigenvalue weighted by Crippen LogP contribution is 2.17. The van der Waals surface area contributed by atoms with Crippen molar-refractivity contribution in [2.24, 2.45) is 0 Å². The molecule has 1 unspecified atom stereocenters. The summed E-state index contributed by atoms with van der Waals surface area (Å²) in [5.41, 5.74) is 1.26. The number of anilines is 1. The fourth-order valence-corrected chi connectivity index (χ4v) is 2.04. The van der Waals surface area contributed by atoms with Gasteiger partial charge in [0.2, 0.25) is 5.91 Å². The molecule has 1 saturated heterocycles. The zero-order valence-corrected chi connectivity index (χ0v) is 10.4. The Morgan fingerprint density at radius 3 is 2.94 bits per heavy atom. The number of hydrogen-bond donors (Lipinski definition) is 1. The lowest BCUT2D eigenvalue weighted by Crippen LogP contribution is -2.19. The quantitative estimate of drug-likeness (QED) is 0.831. The van der Waals surface area contributed by atoms with Gasteiger partial charge in [0, 0.05) is 17.9 Å². The number of hydrogen-bond acceptors (Lipinski definition) is 3. The molecular weight excluding hydrogens is 230 g/mol. The van der Waals surface area contributed by atoms with Gasteiger partial charge in [-0.1, -0.05) is 12.1 Å². The molecule has 1 heterocycles. The number of benzene rings is 1. The number of rotatable bonds is 4. The summed E-state index contributed by atoms with van der Waals surface area (Å²) >= 11 is 0. The Labute approximate surface area is 106 Å². The highest BCUT2D eigenvalue weighted by Gasteiger charge is 2.19. The summed E-state index contributed by atoms with van der Waals surface area (Å²) in [4.78, 5) is 23.0. The van der Waals surface area contributed by atoms with E-state index in [1.807, 2.05) is 0 Å². The third-order valence-corrected chi connectivity index (χ3v) is 2.99. The molecule has 4 nitrogen and oxygen atoms in total. The maximum Gasteiger partial charge on any atom is 0.226 e. The Morgan fingerprint density at radius 1 is 1.44 bits per heavy atom. The largest absolute Gasteiger partial charge is 0.378 e. The average Bonchev–Trinajstić information content (AvgIpc) is 2.82. The Morgan fingerprint density at radius 2 is 2.28 bits per heavy atom. The number of carbonyl (C=O) groups is 2. The molecule has 0 aliphatic carbocycles. The van der Waals surface area contributed by atoms with Crippen molar-refractivity contribution < 1.29 is 14.3 Å². The van der Waals surface area contributed by atoms with Crippen LogP contribution in [0.3, 0.4) is 0 Å². The molecular formula is C14H17NO3. The van der Waals surface area contributed by atoms with Crippen LogP contribution in [0.5, 0.6) is 0 Å². The third kappa shape index (κ3) is 3.40. The van der Waals surface area contributed by atoms with Crippen LogP contribution >= 0.6 is 0 Å². The lowest BCUT2D eigenvalue weighted by atomic mass is 10.1. The van der Waals surface area contributed by atoms with Crippen LogP contribution in [0.15, 0.2) is 24.3 Å². The lowest BCUT2D eigenvalue weighted by Gasteiger charge is -2.10. The molecule has 1 atom stereocenters. The summed E-state index contributed by atoms with van der Waals surface area (Å²) in [5, 5.41) is 2.79. The summed E-state index contributed by atoms with van der Waals surface area (Å²) in [6.45, 7) is 2.26. The Bertz CT molecular complexity index is 450. The van der Waals surface area contributed by atoms with Crippen LogP contribution in [0.25, 0.3) is 0 Å². The standard InChI is InChI=1S/C14H17NO3/c1-10(16)11-4-2-5-12(8-11)15-14(17)9-13-6-3-7-18-13/h2,4-5,8,13H,3,6-7,9H2,1H3,(H,15,17). The topological polar surface area (TPSA) is 55.4 Å². The van der Waals surface area contributed by atoms with Gasteiger partial charge in [0.1, 0.15) is 0 Å². The first-order chi connectivity index (χ1) is 8.65. The summed E-state index contributed by atoms with van der Waals surface area (Å²) in [5.74, 6) is -0.0761. The number of nitrogens with one attached hydrogen (secondary N) is 1. The zero-order valence-electron chi connectivity index (χ0n) is 10.4. The summed E-state index contributed by atoms with van der Waals surface area (Å²) in [6.07, 6.45) is 2.39. The van der Waals surface area contributed by atoms with Crippen LogP contribution in [-0.2, 0) is 9.53 Å². The van der Waals surface area contributed by atoms with Crippen molar-refractivity contribution in [3.05, 3.63) is 29.8 Å². The minimum Gasteiger partial charge on any atom is -0.378 e. The minimum absolute atomic E-state index is 0.00905. The zero-order chi connectivity index (χ0) is 13.0. The number of Topliss-reactive ketones (excluding diaryl/α,β-unsaturated/α-hetero) is 1. The van der Waals surface area contributed by atoms with Crippen molar-refractivity contribution in [2.45, 2.75) is 32.3 Å². The first kappa shape index (κ1) is 12.8. The van der Waals surface area contributed by atoms with E-state index in [2.05, 4.69) is 5.32 Å². The van der Waals surface area contributed by atoms with E-state index in [1.54, 1.807) is 24.3 Å². The SMILES string of the molecule is CC(=O)c1cccc(NC(=O)CC2CCCO2)c1. The van der Waals surface area contributed by atoms with Crippen molar-refractivity contribution in [3.8, 4) is 0 Å². The lowest BCUT2D eigenvalue weighted by molar-refractivity contribution is -0.118. The van der Waals surface area contributed by atoms with Crippen molar-refractivity contribution in [1.82, 2.24) is 0 Å². The minimum atomic E-state index is -0.0670. The highest BCUT2D eigenvalue weighted by atomic mass is 16.5. The molecule has 2 rings (SSSR count). The van der Waals surface area contributed by atoms with Gasteiger partial charge in [0.25, 0.3) is 0 Å². The molecule has 1 N–H and O–H groups in total. The molecule has 18 heavy (non-hydrogen) atoms. The number of ether oxygens (including phenoxy) is 1. The highest BCUT2D eigenvalue weighted by molar-refractivity contribution is 5.97. The van der Waals surface area contributed by atoms with Crippen molar-refractivity contribution in [3.63, 3.8) is 0 Å². The van der Waals surface area contributed by atoms with Gasteiger partial charge < -0.3 is 10.1 Å². The molecule has 1 aliphatic rings. The molecule has 0 bridgehead atoms. The summed E-state index contributed by atoms with van der Waals surface area (Å²) < 4.78 is 5.41.